The highest BCUT2D eigenvalue weighted by Gasteiger charge is 2.28. The number of hydrogen-bond donors (Lipinski definition) is 2. The van der Waals surface area contributed by atoms with E-state index in [0.717, 1.165) is 30.9 Å². The Morgan fingerprint density at radius 2 is 2.35 bits per heavy atom. The normalized spacial score (nSPS) is 18.8. The molecule has 0 saturated carbocycles. The van der Waals surface area contributed by atoms with Crippen LogP contribution in [0.25, 0.3) is 0 Å². The number of aryl methyl sites for hydroxylation is 1. The van der Waals surface area contributed by atoms with Gasteiger partial charge in [-0.25, -0.2) is 4.98 Å². The Morgan fingerprint density at radius 3 is 2.90 bits per heavy atom. The van der Waals surface area contributed by atoms with Crippen molar-refractivity contribution >= 4 is 11.7 Å². The van der Waals surface area contributed by atoms with Crippen molar-refractivity contribution in [1.82, 2.24) is 10.3 Å². The fraction of sp³-hybridized carbons (Fsp3) is 0.600. The zero-order valence-electron chi connectivity index (χ0n) is 12.5. The molecule has 1 aliphatic rings. The third-order valence-corrected chi connectivity index (χ3v) is 3.71. The highest BCUT2D eigenvalue weighted by molar-refractivity contribution is 5.78. The van der Waals surface area contributed by atoms with Gasteiger partial charge in [0.1, 0.15) is 5.82 Å². The zero-order chi connectivity index (χ0) is 14.7. The van der Waals surface area contributed by atoms with Crippen LogP contribution in [-0.2, 0) is 11.3 Å². The highest BCUT2D eigenvalue weighted by Crippen LogP contribution is 2.25. The number of nitrogens with two attached hydrogens (primary N) is 1. The van der Waals surface area contributed by atoms with Crippen LogP contribution in [0.5, 0.6) is 0 Å². The minimum absolute atomic E-state index is 0.0431. The number of carbonyl (C=O) groups is 1. The molecule has 0 aliphatic carbocycles. The fourth-order valence-electron chi connectivity index (χ4n) is 2.56. The maximum atomic E-state index is 11.2. The Hall–Kier alpha value is -1.62. The number of carbonyl (C=O) groups excluding carboxylic acids is 1. The van der Waals surface area contributed by atoms with E-state index < -0.39 is 0 Å². The summed E-state index contributed by atoms with van der Waals surface area (Å²) in [4.78, 5) is 18.0. The van der Waals surface area contributed by atoms with E-state index in [0.29, 0.717) is 12.6 Å². The number of aromatic nitrogens is 1. The zero-order valence-corrected chi connectivity index (χ0v) is 12.5. The van der Waals surface area contributed by atoms with Crippen LogP contribution in [0.2, 0.25) is 0 Å². The number of anilines is 1. The van der Waals surface area contributed by atoms with Crippen molar-refractivity contribution < 1.29 is 4.79 Å². The SMILES string of the molecule is Cc1cc(CNC(C)C)cnc1N1CCC(C(N)=O)C1. The number of primary amides is 1. The van der Waals surface area contributed by atoms with Crippen molar-refractivity contribution in [1.29, 1.82) is 0 Å². The standard InChI is InChI=1S/C15H24N4O/c1-10(2)17-7-12-6-11(3)15(18-8-12)19-5-4-13(9-19)14(16)20/h6,8,10,13,17H,4-5,7,9H2,1-3H3,(H2,16,20). The van der Waals surface area contributed by atoms with Gasteiger partial charge in [0.25, 0.3) is 0 Å². The van der Waals surface area contributed by atoms with Crippen LogP contribution in [0, 0.1) is 12.8 Å². The average Bonchev–Trinajstić information content (AvgIpc) is 2.86. The van der Waals surface area contributed by atoms with Crippen LogP contribution in [0.1, 0.15) is 31.4 Å². The molecule has 0 aromatic carbocycles. The topological polar surface area (TPSA) is 71.2 Å². The molecule has 1 unspecified atom stereocenters. The van der Waals surface area contributed by atoms with Crippen molar-refractivity contribution in [2.24, 2.45) is 11.7 Å². The summed E-state index contributed by atoms with van der Waals surface area (Å²) >= 11 is 0. The lowest BCUT2D eigenvalue weighted by Gasteiger charge is -2.20. The molecule has 3 N–H and O–H groups in total. The van der Waals surface area contributed by atoms with E-state index in [1.165, 1.54) is 5.56 Å². The van der Waals surface area contributed by atoms with Crippen LogP contribution < -0.4 is 16.0 Å². The number of hydrogen-bond acceptors (Lipinski definition) is 4. The number of rotatable bonds is 5. The largest absolute Gasteiger partial charge is 0.369 e. The number of nitrogens with one attached hydrogen (secondary N) is 1. The Bertz CT molecular complexity index is 487. The third-order valence-electron chi connectivity index (χ3n) is 3.71. The summed E-state index contributed by atoms with van der Waals surface area (Å²) in [5.41, 5.74) is 7.71. The van der Waals surface area contributed by atoms with Crippen molar-refractivity contribution in [2.45, 2.75) is 39.8 Å². The van der Waals surface area contributed by atoms with Gasteiger partial charge in [-0.05, 0) is 30.5 Å². The smallest absolute Gasteiger partial charge is 0.222 e. The molecule has 1 aromatic rings. The second kappa shape index (κ2) is 6.22. The van der Waals surface area contributed by atoms with Gasteiger partial charge in [0.05, 0.1) is 5.92 Å². The molecule has 1 saturated heterocycles. The van der Waals surface area contributed by atoms with E-state index in [1.54, 1.807) is 0 Å². The minimum atomic E-state index is -0.206. The fourth-order valence-corrected chi connectivity index (χ4v) is 2.56. The lowest BCUT2D eigenvalue weighted by molar-refractivity contribution is -0.121. The summed E-state index contributed by atoms with van der Waals surface area (Å²) in [5.74, 6) is 0.725. The maximum absolute atomic E-state index is 11.2. The summed E-state index contributed by atoms with van der Waals surface area (Å²) in [5, 5.41) is 3.39. The van der Waals surface area contributed by atoms with Crippen molar-refractivity contribution in [3.8, 4) is 0 Å². The minimum Gasteiger partial charge on any atom is -0.369 e. The second-order valence-electron chi connectivity index (χ2n) is 5.85. The van der Waals surface area contributed by atoms with E-state index in [4.69, 9.17) is 5.73 Å². The summed E-state index contributed by atoms with van der Waals surface area (Å²) in [6.45, 7) is 8.69. The highest BCUT2D eigenvalue weighted by atomic mass is 16.1. The average molecular weight is 276 g/mol. The van der Waals surface area contributed by atoms with Crippen molar-refractivity contribution in [2.75, 3.05) is 18.0 Å². The summed E-state index contributed by atoms with van der Waals surface area (Å²) in [7, 11) is 0. The molecule has 2 rings (SSSR count). The quantitative estimate of drug-likeness (QED) is 0.847. The second-order valence-corrected chi connectivity index (χ2v) is 5.85. The molecule has 0 bridgehead atoms. The van der Waals surface area contributed by atoms with E-state index in [-0.39, 0.29) is 11.8 Å². The summed E-state index contributed by atoms with van der Waals surface area (Å²) in [6.07, 6.45) is 2.74. The maximum Gasteiger partial charge on any atom is 0.222 e. The monoisotopic (exact) mass is 276 g/mol. The Morgan fingerprint density at radius 1 is 1.60 bits per heavy atom. The van der Waals surface area contributed by atoms with Crippen LogP contribution in [0.4, 0.5) is 5.82 Å². The predicted octanol–water partition coefficient (Wildman–Crippen LogP) is 1.20. The van der Waals surface area contributed by atoms with Crippen LogP contribution in [-0.4, -0.2) is 30.0 Å². The first-order valence-electron chi connectivity index (χ1n) is 7.20. The Kier molecular flexibility index (Phi) is 4.60. The lowest BCUT2D eigenvalue weighted by Crippen LogP contribution is -2.28. The molecule has 0 spiro atoms. The summed E-state index contributed by atoms with van der Waals surface area (Å²) < 4.78 is 0. The molecular weight excluding hydrogens is 252 g/mol. The molecule has 20 heavy (non-hydrogen) atoms. The molecule has 1 atom stereocenters. The Labute approximate surface area is 120 Å². The van der Waals surface area contributed by atoms with E-state index in [1.807, 2.05) is 6.20 Å². The van der Waals surface area contributed by atoms with Gasteiger partial charge < -0.3 is 16.0 Å². The number of pyridine rings is 1. The number of amides is 1. The molecule has 110 valence electrons. The van der Waals surface area contributed by atoms with Crippen molar-refractivity contribution in [3.63, 3.8) is 0 Å². The van der Waals surface area contributed by atoms with E-state index in [9.17, 15) is 4.79 Å². The Balaban J connectivity index is 2.05. The van der Waals surface area contributed by atoms with Gasteiger partial charge in [0, 0.05) is 31.9 Å². The van der Waals surface area contributed by atoms with E-state index in [2.05, 4.69) is 42.0 Å². The molecular formula is C15H24N4O. The van der Waals surface area contributed by atoms with Gasteiger partial charge in [-0.15, -0.1) is 0 Å². The molecule has 2 heterocycles. The predicted molar refractivity (Wildman–Crippen MR) is 80.5 cm³/mol. The molecule has 1 fully saturated rings. The van der Waals surface area contributed by atoms with E-state index >= 15 is 0 Å². The molecule has 1 aromatic heterocycles. The van der Waals surface area contributed by atoms with Gasteiger partial charge in [0.2, 0.25) is 5.91 Å². The first-order chi connectivity index (χ1) is 9.47. The van der Waals surface area contributed by atoms with Gasteiger partial charge >= 0.3 is 0 Å². The first kappa shape index (κ1) is 14.8. The summed E-state index contributed by atoms with van der Waals surface area (Å²) in [6, 6.07) is 2.62. The molecule has 0 radical (unpaired) electrons. The molecule has 5 heteroatoms. The first-order valence-corrected chi connectivity index (χ1v) is 7.20. The van der Waals surface area contributed by atoms with Crippen LogP contribution >= 0.6 is 0 Å². The lowest BCUT2D eigenvalue weighted by atomic mass is 10.1. The molecule has 1 amide bonds. The molecule has 5 nitrogen and oxygen atoms in total. The van der Waals surface area contributed by atoms with Crippen LogP contribution in [0.3, 0.4) is 0 Å². The van der Waals surface area contributed by atoms with Gasteiger partial charge in [-0.3, -0.25) is 4.79 Å². The van der Waals surface area contributed by atoms with Crippen molar-refractivity contribution in [3.05, 3.63) is 23.4 Å². The molecule has 1 aliphatic heterocycles. The van der Waals surface area contributed by atoms with Gasteiger partial charge in [-0.2, -0.15) is 0 Å². The third kappa shape index (κ3) is 3.48. The van der Waals surface area contributed by atoms with Gasteiger partial charge in [0.15, 0.2) is 0 Å². The van der Waals surface area contributed by atoms with Crippen LogP contribution in [0.15, 0.2) is 12.3 Å². The van der Waals surface area contributed by atoms with Gasteiger partial charge in [-0.1, -0.05) is 13.8 Å². The number of nitrogens with zero attached hydrogens (tertiary/aromatic N) is 2.